The molecule has 1 unspecified atom stereocenters. The second kappa shape index (κ2) is 6.35. The summed E-state index contributed by atoms with van der Waals surface area (Å²) < 4.78 is 75.0. The van der Waals surface area contributed by atoms with Crippen molar-refractivity contribution in [3.8, 4) is 11.5 Å². The smallest absolute Gasteiger partial charge is 0.455 e. The van der Waals surface area contributed by atoms with Crippen LogP contribution in [0.1, 0.15) is 11.6 Å². The standard InChI is InChI=1S/C12H13BrF5NO2/c1-19-10(11(14,15)12(16,17)18)6-4-5-7(20-2)8(13)9(6)21-3/h4-5,10,19H,1-3H3. The van der Waals surface area contributed by atoms with Crippen molar-refractivity contribution < 1.29 is 31.4 Å². The maximum absolute atomic E-state index is 13.6. The third-order valence-electron chi connectivity index (χ3n) is 2.86. The first-order chi connectivity index (χ1) is 9.61. The van der Waals surface area contributed by atoms with Crippen LogP contribution in [0, 0.1) is 0 Å². The molecular weight excluding hydrogens is 365 g/mol. The van der Waals surface area contributed by atoms with Crippen LogP contribution in [-0.4, -0.2) is 33.4 Å². The SMILES string of the molecule is CNC(c1ccc(OC)c(Br)c1OC)C(F)(F)C(F)(F)F. The molecular formula is C12H13BrF5NO2. The summed E-state index contributed by atoms with van der Waals surface area (Å²) in [5.74, 6) is -4.87. The highest BCUT2D eigenvalue weighted by molar-refractivity contribution is 9.10. The van der Waals surface area contributed by atoms with E-state index < -0.39 is 18.1 Å². The third kappa shape index (κ3) is 3.23. The second-order valence-corrected chi connectivity index (χ2v) is 4.84. The molecule has 0 spiro atoms. The van der Waals surface area contributed by atoms with E-state index in [1.54, 1.807) is 0 Å². The fourth-order valence-electron chi connectivity index (χ4n) is 1.84. The lowest BCUT2D eigenvalue weighted by molar-refractivity contribution is -0.294. The van der Waals surface area contributed by atoms with Gasteiger partial charge in [0.05, 0.1) is 14.2 Å². The van der Waals surface area contributed by atoms with Crippen molar-refractivity contribution in [1.82, 2.24) is 5.32 Å². The van der Waals surface area contributed by atoms with Gasteiger partial charge in [0, 0.05) is 5.56 Å². The summed E-state index contributed by atoms with van der Waals surface area (Å²) in [7, 11) is 3.52. The monoisotopic (exact) mass is 377 g/mol. The molecule has 0 amide bonds. The summed E-state index contributed by atoms with van der Waals surface area (Å²) in [6, 6.07) is 0.0803. The maximum atomic E-state index is 13.6. The molecule has 0 aliphatic heterocycles. The normalized spacial score (nSPS) is 14.0. The molecule has 1 atom stereocenters. The molecule has 0 aromatic heterocycles. The third-order valence-corrected chi connectivity index (χ3v) is 3.61. The van der Waals surface area contributed by atoms with Gasteiger partial charge in [-0.05, 0) is 35.1 Å². The summed E-state index contributed by atoms with van der Waals surface area (Å²) in [5.41, 5.74) is -0.338. The summed E-state index contributed by atoms with van der Waals surface area (Å²) in [5, 5.41) is 1.99. The number of rotatable bonds is 5. The largest absolute Gasteiger partial charge is 0.495 e. The van der Waals surface area contributed by atoms with Crippen molar-refractivity contribution in [3.05, 3.63) is 22.2 Å². The zero-order valence-electron chi connectivity index (χ0n) is 11.3. The van der Waals surface area contributed by atoms with Gasteiger partial charge in [-0.3, -0.25) is 0 Å². The van der Waals surface area contributed by atoms with E-state index in [1.807, 2.05) is 5.32 Å². The zero-order chi connectivity index (χ0) is 16.4. The van der Waals surface area contributed by atoms with E-state index >= 15 is 0 Å². The number of hydrogen-bond donors (Lipinski definition) is 1. The first-order valence-electron chi connectivity index (χ1n) is 5.64. The van der Waals surface area contributed by atoms with E-state index in [0.717, 1.165) is 13.1 Å². The van der Waals surface area contributed by atoms with Crippen molar-refractivity contribution in [2.45, 2.75) is 18.1 Å². The molecule has 0 radical (unpaired) electrons. The number of alkyl halides is 5. The zero-order valence-corrected chi connectivity index (χ0v) is 12.9. The van der Waals surface area contributed by atoms with Gasteiger partial charge in [0.25, 0.3) is 0 Å². The molecule has 0 aliphatic carbocycles. The van der Waals surface area contributed by atoms with E-state index in [2.05, 4.69) is 15.9 Å². The lowest BCUT2D eigenvalue weighted by atomic mass is 9.99. The highest BCUT2D eigenvalue weighted by atomic mass is 79.9. The Morgan fingerprint density at radius 3 is 2.05 bits per heavy atom. The van der Waals surface area contributed by atoms with Gasteiger partial charge in [0.2, 0.25) is 0 Å². The molecule has 1 aromatic rings. The molecule has 0 aliphatic rings. The van der Waals surface area contributed by atoms with Gasteiger partial charge >= 0.3 is 12.1 Å². The molecule has 0 heterocycles. The molecule has 0 saturated carbocycles. The molecule has 1 aromatic carbocycles. The molecule has 120 valence electrons. The van der Waals surface area contributed by atoms with E-state index in [-0.39, 0.29) is 21.5 Å². The van der Waals surface area contributed by atoms with Gasteiger partial charge in [0.1, 0.15) is 22.0 Å². The van der Waals surface area contributed by atoms with E-state index in [1.165, 1.54) is 20.3 Å². The molecule has 0 fully saturated rings. The molecule has 1 N–H and O–H groups in total. The maximum Gasteiger partial charge on any atom is 0.455 e. The second-order valence-electron chi connectivity index (χ2n) is 4.05. The Hall–Kier alpha value is -1.09. The van der Waals surface area contributed by atoms with E-state index in [9.17, 15) is 22.0 Å². The Labute approximate surface area is 126 Å². The quantitative estimate of drug-likeness (QED) is 0.788. The number of halogens is 6. The predicted octanol–water partition coefficient (Wildman–Crippen LogP) is 3.92. The summed E-state index contributed by atoms with van der Waals surface area (Å²) in [6.07, 6.45) is -5.70. The van der Waals surface area contributed by atoms with Gasteiger partial charge in [-0.2, -0.15) is 22.0 Å². The average molecular weight is 378 g/mol. The van der Waals surface area contributed by atoms with Crippen molar-refractivity contribution >= 4 is 15.9 Å². The van der Waals surface area contributed by atoms with Crippen molar-refractivity contribution in [2.24, 2.45) is 0 Å². The Morgan fingerprint density at radius 2 is 1.67 bits per heavy atom. The van der Waals surface area contributed by atoms with E-state index in [4.69, 9.17) is 9.47 Å². The van der Waals surface area contributed by atoms with Crippen LogP contribution in [0.3, 0.4) is 0 Å². The van der Waals surface area contributed by atoms with Gasteiger partial charge < -0.3 is 14.8 Å². The van der Waals surface area contributed by atoms with Gasteiger partial charge in [-0.25, -0.2) is 0 Å². The van der Waals surface area contributed by atoms with Crippen LogP contribution in [0.25, 0.3) is 0 Å². The molecule has 9 heteroatoms. The minimum absolute atomic E-state index is 0.155. The average Bonchev–Trinajstić information content (AvgIpc) is 2.38. The Kier molecular flexibility index (Phi) is 5.43. The van der Waals surface area contributed by atoms with Gasteiger partial charge in [0.15, 0.2) is 0 Å². The lowest BCUT2D eigenvalue weighted by Gasteiger charge is -2.30. The van der Waals surface area contributed by atoms with Crippen LogP contribution < -0.4 is 14.8 Å². The molecule has 0 bridgehead atoms. The summed E-state index contributed by atoms with van der Waals surface area (Å²) >= 11 is 3.06. The molecule has 0 saturated heterocycles. The predicted molar refractivity (Wildman–Crippen MR) is 70.0 cm³/mol. The highest BCUT2D eigenvalue weighted by Gasteiger charge is 2.63. The Balaban J connectivity index is 3.46. The molecule has 3 nitrogen and oxygen atoms in total. The fraction of sp³-hybridized carbons (Fsp3) is 0.500. The van der Waals surface area contributed by atoms with Crippen LogP contribution in [0.5, 0.6) is 11.5 Å². The van der Waals surface area contributed by atoms with Crippen LogP contribution in [0.4, 0.5) is 22.0 Å². The van der Waals surface area contributed by atoms with Crippen LogP contribution in [0.15, 0.2) is 16.6 Å². The lowest BCUT2D eigenvalue weighted by Crippen LogP contribution is -2.47. The van der Waals surface area contributed by atoms with Crippen LogP contribution in [0.2, 0.25) is 0 Å². The van der Waals surface area contributed by atoms with Crippen LogP contribution in [-0.2, 0) is 0 Å². The van der Waals surface area contributed by atoms with E-state index in [0.29, 0.717) is 0 Å². The Morgan fingerprint density at radius 1 is 1.10 bits per heavy atom. The number of methoxy groups -OCH3 is 2. The van der Waals surface area contributed by atoms with Crippen molar-refractivity contribution in [2.75, 3.05) is 21.3 Å². The summed E-state index contributed by atoms with van der Waals surface area (Å²) in [6.45, 7) is 0. The first kappa shape index (κ1) is 18.0. The number of benzene rings is 1. The van der Waals surface area contributed by atoms with Gasteiger partial charge in [-0.15, -0.1) is 0 Å². The fourth-order valence-corrected chi connectivity index (χ4v) is 2.53. The van der Waals surface area contributed by atoms with Gasteiger partial charge in [-0.1, -0.05) is 0 Å². The first-order valence-corrected chi connectivity index (χ1v) is 6.43. The summed E-state index contributed by atoms with van der Waals surface area (Å²) in [4.78, 5) is 0. The molecule has 21 heavy (non-hydrogen) atoms. The number of nitrogens with one attached hydrogen (secondary N) is 1. The van der Waals surface area contributed by atoms with Crippen molar-refractivity contribution in [3.63, 3.8) is 0 Å². The Bertz CT molecular complexity index is 507. The molecule has 1 rings (SSSR count). The minimum atomic E-state index is -5.70. The van der Waals surface area contributed by atoms with Crippen molar-refractivity contribution in [1.29, 1.82) is 0 Å². The minimum Gasteiger partial charge on any atom is -0.495 e. The number of hydrogen-bond acceptors (Lipinski definition) is 3. The van der Waals surface area contributed by atoms with Crippen LogP contribution >= 0.6 is 15.9 Å². The number of ether oxygens (including phenoxy) is 2. The topological polar surface area (TPSA) is 30.5 Å². The highest BCUT2D eigenvalue weighted by Crippen LogP contribution is 2.48.